The fraction of sp³-hybridized carbons (Fsp3) is 0.294. The lowest BCUT2D eigenvalue weighted by molar-refractivity contribution is -0.137. The Hall–Kier alpha value is -2.30. The number of hydrogen-bond acceptors (Lipinski definition) is 5. The Labute approximate surface area is 154 Å². The molecule has 0 saturated carbocycles. The molecule has 27 heavy (non-hydrogen) atoms. The van der Waals surface area contributed by atoms with Gasteiger partial charge in [-0.15, -0.1) is 0 Å². The van der Waals surface area contributed by atoms with E-state index in [0.29, 0.717) is 29.2 Å². The second kappa shape index (κ2) is 8.15. The predicted molar refractivity (Wildman–Crippen MR) is 91.1 cm³/mol. The maximum absolute atomic E-state index is 12.6. The fourth-order valence-corrected chi connectivity index (χ4v) is 3.31. The van der Waals surface area contributed by atoms with E-state index in [9.17, 15) is 26.7 Å². The zero-order chi connectivity index (χ0) is 20.2. The Morgan fingerprint density at radius 1 is 1.04 bits per heavy atom. The van der Waals surface area contributed by atoms with Gasteiger partial charge in [-0.3, -0.25) is 0 Å². The van der Waals surface area contributed by atoms with Crippen LogP contribution < -0.4 is 14.2 Å². The molecule has 0 bridgehead atoms. The Morgan fingerprint density at radius 3 is 2.15 bits per heavy atom. The van der Waals surface area contributed by atoms with Crippen LogP contribution in [0, 0.1) is 0 Å². The number of benzene rings is 2. The maximum Gasteiger partial charge on any atom is 0.416 e. The van der Waals surface area contributed by atoms with Crippen molar-refractivity contribution in [3.8, 4) is 11.5 Å². The van der Waals surface area contributed by atoms with Crippen LogP contribution in [0.5, 0.6) is 11.5 Å². The number of halogens is 3. The Morgan fingerprint density at radius 2 is 1.63 bits per heavy atom. The minimum atomic E-state index is -4.56. The van der Waals surface area contributed by atoms with Gasteiger partial charge in [0.1, 0.15) is 0 Å². The van der Waals surface area contributed by atoms with Crippen LogP contribution in [-0.2, 0) is 16.2 Å². The van der Waals surface area contributed by atoms with Crippen molar-refractivity contribution in [2.45, 2.75) is 17.2 Å². The van der Waals surface area contributed by atoms with Crippen LogP contribution in [0.2, 0.25) is 0 Å². The summed E-state index contributed by atoms with van der Waals surface area (Å²) in [6.07, 6.45) is -5.76. The van der Waals surface area contributed by atoms with Crippen LogP contribution >= 0.6 is 0 Å². The monoisotopic (exact) mass is 405 g/mol. The molecule has 0 saturated heterocycles. The summed E-state index contributed by atoms with van der Waals surface area (Å²) in [5, 5.41) is 10.2. The fourth-order valence-electron chi connectivity index (χ4n) is 2.27. The first-order chi connectivity index (χ1) is 12.6. The van der Waals surface area contributed by atoms with Crippen LogP contribution in [0.4, 0.5) is 13.2 Å². The highest BCUT2D eigenvalue weighted by Gasteiger charge is 2.30. The zero-order valence-corrected chi connectivity index (χ0v) is 15.3. The van der Waals surface area contributed by atoms with Crippen molar-refractivity contribution in [3.63, 3.8) is 0 Å². The zero-order valence-electron chi connectivity index (χ0n) is 14.4. The summed E-state index contributed by atoms with van der Waals surface area (Å²) < 4.78 is 74.4. The van der Waals surface area contributed by atoms with Crippen molar-refractivity contribution in [2.24, 2.45) is 0 Å². The lowest BCUT2D eigenvalue weighted by Gasteiger charge is -2.15. The molecule has 0 spiro atoms. The number of aliphatic hydroxyl groups is 1. The van der Waals surface area contributed by atoms with Gasteiger partial charge in [-0.2, -0.15) is 13.2 Å². The molecule has 0 aliphatic heterocycles. The minimum Gasteiger partial charge on any atom is -0.493 e. The number of aliphatic hydroxyl groups excluding tert-OH is 1. The smallest absolute Gasteiger partial charge is 0.416 e. The third kappa shape index (κ3) is 5.12. The second-order valence-corrected chi connectivity index (χ2v) is 7.27. The molecular weight excluding hydrogens is 387 g/mol. The lowest BCUT2D eigenvalue weighted by Crippen LogP contribution is -2.28. The molecule has 2 rings (SSSR count). The normalized spacial score (nSPS) is 13.3. The molecule has 0 fully saturated rings. The Bertz CT molecular complexity index is 882. The van der Waals surface area contributed by atoms with E-state index in [2.05, 4.69) is 4.72 Å². The molecule has 10 heteroatoms. The SMILES string of the molecule is COc1ccc([C@H](O)CNS(=O)(=O)c2ccc(C(F)(F)F)cc2)cc1OC. The number of nitrogens with one attached hydrogen (secondary N) is 1. The summed E-state index contributed by atoms with van der Waals surface area (Å²) in [5.41, 5.74) is -0.574. The first-order valence-corrected chi connectivity index (χ1v) is 9.13. The first kappa shape index (κ1) is 21.0. The van der Waals surface area contributed by atoms with E-state index in [1.807, 2.05) is 0 Å². The highest BCUT2D eigenvalue weighted by molar-refractivity contribution is 7.89. The largest absolute Gasteiger partial charge is 0.493 e. The molecule has 6 nitrogen and oxygen atoms in total. The van der Waals surface area contributed by atoms with Crippen LogP contribution in [-0.4, -0.2) is 34.3 Å². The van der Waals surface area contributed by atoms with Gasteiger partial charge in [-0.25, -0.2) is 13.1 Å². The van der Waals surface area contributed by atoms with Gasteiger partial charge in [0.25, 0.3) is 0 Å². The maximum atomic E-state index is 12.6. The van der Waals surface area contributed by atoms with Crippen molar-refractivity contribution in [1.29, 1.82) is 0 Å². The summed E-state index contributed by atoms with van der Waals surface area (Å²) in [6.45, 7) is -0.376. The Kier molecular flexibility index (Phi) is 6.34. The molecule has 0 aliphatic carbocycles. The summed E-state index contributed by atoms with van der Waals surface area (Å²) in [4.78, 5) is -0.338. The molecule has 2 aromatic rings. The van der Waals surface area contributed by atoms with Crippen molar-refractivity contribution >= 4 is 10.0 Å². The molecule has 2 N–H and O–H groups in total. The molecule has 0 aliphatic rings. The highest BCUT2D eigenvalue weighted by Crippen LogP contribution is 2.31. The summed E-state index contributed by atoms with van der Waals surface area (Å²) in [5.74, 6) is 0.804. The Balaban J connectivity index is 2.10. The van der Waals surface area contributed by atoms with Crippen molar-refractivity contribution in [1.82, 2.24) is 4.72 Å². The molecule has 0 unspecified atom stereocenters. The van der Waals surface area contributed by atoms with Gasteiger partial charge in [-0.1, -0.05) is 6.07 Å². The molecule has 1 atom stereocenters. The average molecular weight is 405 g/mol. The standard InChI is InChI=1S/C17H18F3NO5S/c1-25-15-8-3-11(9-16(15)26-2)14(22)10-21-27(23,24)13-6-4-12(5-7-13)17(18,19)20/h3-9,14,21-22H,10H2,1-2H3/t14-/m1/s1. The van der Waals surface area contributed by atoms with E-state index < -0.39 is 27.9 Å². The topological polar surface area (TPSA) is 84.9 Å². The van der Waals surface area contributed by atoms with E-state index in [0.717, 1.165) is 12.1 Å². The van der Waals surface area contributed by atoms with E-state index >= 15 is 0 Å². The van der Waals surface area contributed by atoms with Crippen molar-refractivity contribution in [3.05, 3.63) is 53.6 Å². The lowest BCUT2D eigenvalue weighted by atomic mass is 10.1. The predicted octanol–water partition coefficient (Wildman–Crippen LogP) is 2.73. The number of sulfonamides is 1. The van der Waals surface area contributed by atoms with Gasteiger partial charge in [-0.05, 0) is 42.0 Å². The number of methoxy groups -OCH3 is 2. The molecule has 0 radical (unpaired) electrons. The first-order valence-electron chi connectivity index (χ1n) is 7.65. The van der Waals surface area contributed by atoms with E-state index in [-0.39, 0.29) is 11.4 Å². The van der Waals surface area contributed by atoms with Gasteiger partial charge in [0.05, 0.1) is 30.8 Å². The summed E-state index contributed by atoms with van der Waals surface area (Å²) in [7, 11) is -1.22. The number of rotatable bonds is 7. The third-order valence-electron chi connectivity index (χ3n) is 3.75. The highest BCUT2D eigenvalue weighted by atomic mass is 32.2. The quantitative estimate of drug-likeness (QED) is 0.740. The third-order valence-corrected chi connectivity index (χ3v) is 5.19. The van der Waals surface area contributed by atoms with Gasteiger partial charge in [0.2, 0.25) is 10.0 Å². The van der Waals surface area contributed by atoms with E-state index in [1.165, 1.54) is 20.3 Å². The molecule has 0 aromatic heterocycles. The van der Waals surface area contributed by atoms with Gasteiger partial charge >= 0.3 is 6.18 Å². The molecule has 0 heterocycles. The minimum absolute atomic E-state index is 0.338. The van der Waals surface area contributed by atoms with Gasteiger partial charge < -0.3 is 14.6 Å². The van der Waals surface area contributed by atoms with Gasteiger partial charge in [0, 0.05) is 6.54 Å². The van der Waals surface area contributed by atoms with Crippen LogP contribution in [0.1, 0.15) is 17.2 Å². The second-order valence-electron chi connectivity index (χ2n) is 5.50. The summed E-state index contributed by atoms with van der Waals surface area (Å²) >= 11 is 0. The number of hydrogen-bond donors (Lipinski definition) is 2. The molecular formula is C17H18F3NO5S. The van der Waals surface area contributed by atoms with E-state index in [1.54, 1.807) is 12.1 Å². The van der Waals surface area contributed by atoms with Crippen LogP contribution in [0.15, 0.2) is 47.4 Å². The number of ether oxygens (including phenoxy) is 2. The molecule has 0 amide bonds. The van der Waals surface area contributed by atoms with E-state index in [4.69, 9.17) is 9.47 Å². The van der Waals surface area contributed by atoms with Crippen molar-refractivity contribution in [2.75, 3.05) is 20.8 Å². The number of alkyl halides is 3. The summed E-state index contributed by atoms with van der Waals surface area (Å²) in [6, 6.07) is 7.66. The molecule has 148 valence electrons. The van der Waals surface area contributed by atoms with Gasteiger partial charge in [0.15, 0.2) is 11.5 Å². The average Bonchev–Trinajstić information content (AvgIpc) is 2.65. The van der Waals surface area contributed by atoms with Crippen LogP contribution in [0.3, 0.4) is 0 Å². The van der Waals surface area contributed by atoms with Crippen molar-refractivity contribution < 1.29 is 36.2 Å². The molecule has 2 aromatic carbocycles. The van der Waals surface area contributed by atoms with Crippen LogP contribution in [0.25, 0.3) is 0 Å².